The zero-order chi connectivity index (χ0) is 12.7. The topological polar surface area (TPSA) is 55.1 Å². The fourth-order valence-corrected chi connectivity index (χ4v) is 1.66. The summed E-state index contributed by atoms with van der Waals surface area (Å²) in [5, 5.41) is 2.91. The molecule has 94 valence electrons. The molecule has 1 aromatic carbocycles. The molecule has 17 heavy (non-hydrogen) atoms. The summed E-state index contributed by atoms with van der Waals surface area (Å²) in [5.41, 5.74) is 8.11. The number of hydrogen-bond acceptors (Lipinski definition) is 2. The molecule has 3 N–H and O–H groups in total. The fourth-order valence-electron chi connectivity index (χ4n) is 1.66. The quantitative estimate of drug-likeness (QED) is 0.788. The minimum Gasteiger partial charge on any atom is -0.356 e. The van der Waals surface area contributed by atoms with Crippen molar-refractivity contribution in [2.75, 3.05) is 6.54 Å². The van der Waals surface area contributed by atoms with Crippen LogP contribution in [0.5, 0.6) is 0 Å². The molecule has 3 nitrogen and oxygen atoms in total. The third-order valence-electron chi connectivity index (χ3n) is 2.65. The van der Waals surface area contributed by atoms with E-state index >= 15 is 0 Å². The summed E-state index contributed by atoms with van der Waals surface area (Å²) >= 11 is 0. The standard InChI is InChI=1S/C14H22N2O/c1-11-4-3-5-13(10-11)8-9-16-14(17)7-6-12(2)15/h3-5,10,12H,6-9,15H2,1-2H3,(H,16,17). The normalized spacial score (nSPS) is 12.2. The Kier molecular flexibility index (Phi) is 5.70. The molecule has 0 aromatic heterocycles. The molecule has 3 heteroatoms. The molecule has 0 fully saturated rings. The van der Waals surface area contributed by atoms with Gasteiger partial charge in [0.05, 0.1) is 0 Å². The number of benzene rings is 1. The van der Waals surface area contributed by atoms with E-state index in [2.05, 4.69) is 30.4 Å². The summed E-state index contributed by atoms with van der Waals surface area (Å²) in [5.74, 6) is 0.0925. The van der Waals surface area contributed by atoms with E-state index in [0.29, 0.717) is 13.0 Å². The predicted octanol–water partition coefficient (Wildman–Crippen LogP) is 1.78. The number of carbonyl (C=O) groups is 1. The van der Waals surface area contributed by atoms with Crippen molar-refractivity contribution in [3.05, 3.63) is 35.4 Å². The van der Waals surface area contributed by atoms with Crippen LogP contribution in [-0.2, 0) is 11.2 Å². The van der Waals surface area contributed by atoms with E-state index in [4.69, 9.17) is 5.73 Å². The van der Waals surface area contributed by atoms with Crippen molar-refractivity contribution in [1.82, 2.24) is 5.32 Å². The van der Waals surface area contributed by atoms with Crippen LogP contribution >= 0.6 is 0 Å². The second-order valence-electron chi connectivity index (χ2n) is 4.60. The lowest BCUT2D eigenvalue weighted by Gasteiger charge is -2.07. The second-order valence-corrected chi connectivity index (χ2v) is 4.60. The maximum Gasteiger partial charge on any atom is 0.220 e. The van der Waals surface area contributed by atoms with E-state index in [0.717, 1.165) is 12.8 Å². The molecule has 1 amide bonds. The predicted molar refractivity (Wildman–Crippen MR) is 70.8 cm³/mol. The van der Waals surface area contributed by atoms with Gasteiger partial charge in [-0.2, -0.15) is 0 Å². The molecule has 1 unspecified atom stereocenters. The van der Waals surface area contributed by atoms with Crippen LogP contribution in [-0.4, -0.2) is 18.5 Å². The summed E-state index contributed by atoms with van der Waals surface area (Å²) < 4.78 is 0. The van der Waals surface area contributed by atoms with E-state index in [9.17, 15) is 4.79 Å². The Labute approximate surface area is 103 Å². The van der Waals surface area contributed by atoms with Gasteiger partial charge < -0.3 is 11.1 Å². The lowest BCUT2D eigenvalue weighted by atomic mass is 10.1. The van der Waals surface area contributed by atoms with E-state index < -0.39 is 0 Å². The molecular weight excluding hydrogens is 212 g/mol. The SMILES string of the molecule is Cc1cccc(CCNC(=O)CCC(C)N)c1. The van der Waals surface area contributed by atoms with Gasteiger partial charge in [-0.05, 0) is 32.3 Å². The van der Waals surface area contributed by atoms with Crippen LogP contribution in [0, 0.1) is 6.92 Å². The van der Waals surface area contributed by atoms with Crippen molar-refractivity contribution in [3.8, 4) is 0 Å². The van der Waals surface area contributed by atoms with Crippen molar-refractivity contribution < 1.29 is 4.79 Å². The molecule has 0 saturated carbocycles. The summed E-state index contributed by atoms with van der Waals surface area (Å²) in [4.78, 5) is 11.4. The van der Waals surface area contributed by atoms with E-state index in [1.54, 1.807) is 0 Å². The van der Waals surface area contributed by atoms with Crippen LogP contribution in [0.3, 0.4) is 0 Å². The van der Waals surface area contributed by atoms with Crippen molar-refractivity contribution in [2.45, 2.75) is 39.2 Å². The highest BCUT2D eigenvalue weighted by atomic mass is 16.1. The molecule has 0 aliphatic heterocycles. The Bertz CT molecular complexity index is 361. The molecule has 1 rings (SSSR count). The van der Waals surface area contributed by atoms with Gasteiger partial charge in [-0.3, -0.25) is 4.79 Å². The highest BCUT2D eigenvalue weighted by Gasteiger charge is 2.02. The molecule has 0 radical (unpaired) electrons. The first-order valence-electron chi connectivity index (χ1n) is 6.16. The van der Waals surface area contributed by atoms with Gasteiger partial charge in [0, 0.05) is 19.0 Å². The monoisotopic (exact) mass is 234 g/mol. The van der Waals surface area contributed by atoms with Gasteiger partial charge in [-0.1, -0.05) is 29.8 Å². The van der Waals surface area contributed by atoms with Crippen LogP contribution < -0.4 is 11.1 Å². The maximum atomic E-state index is 11.4. The largest absolute Gasteiger partial charge is 0.356 e. The molecule has 0 heterocycles. The van der Waals surface area contributed by atoms with E-state index in [-0.39, 0.29) is 11.9 Å². The second kappa shape index (κ2) is 7.07. The van der Waals surface area contributed by atoms with Gasteiger partial charge in [0.25, 0.3) is 0 Å². The molecule has 0 saturated heterocycles. The summed E-state index contributed by atoms with van der Waals surface area (Å²) in [6, 6.07) is 8.44. The Hall–Kier alpha value is -1.35. The fraction of sp³-hybridized carbons (Fsp3) is 0.500. The van der Waals surface area contributed by atoms with Crippen molar-refractivity contribution in [1.29, 1.82) is 0 Å². The van der Waals surface area contributed by atoms with Gasteiger partial charge in [-0.25, -0.2) is 0 Å². The summed E-state index contributed by atoms with van der Waals surface area (Å²) in [6.45, 7) is 4.69. The molecule has 1 aromatic rings. The molecule has 0 spiro atoms. The molecule has 0 aliphatic carbocycles. The number of carbonyl (C=O) groups excluding carboxylic acids is 1. The third-order valence-corrected chi connectivity index (χ3v) is 2.65. The summed E-state index contributed by atoms with van der Waals surface area (Å²) in [6.07, 6.45) is 2.15. The number of nitrogens with two attached hydrogens (primary N) is 1. The van der Waals surface area contributed by atoms with Gasteiger partial charge in [0.2, 0.25) is 5.91 Å². The maximum absolute atomic E-state index is 11.4. The first-order valence-corrected chi connectivity index (χ1v) is 6.16. The Balaban J connectivity index is 2.21. The van der Waals surface area contributed by atoms with Crippen LogP contribution in [0.1, 0.15) is 30.9 Å². The number of rotatable bonds is 6. The molecule has 1 atom stereocenters. The average molecular weight is 234 g/mol. The van der Waals surface area contributed by atoms with Crippen LogP contribution in [0.15, 0.2) is 24.3 Å². The van der Waals surface area contributed by atoms with E-state index in [1.807, 2.05) is 13.0 Å². The minimum absolute atomic E-state index is 0.0925. The van der Waals surface area contributed by atoms with Crippen molar-refractivity contribution in [3.63, 3.8) is 0 Å². The average Bonchev–Trinajstić information content (AvgIpc) is 2.26. The molecular formula is C14H22N2O. The van der Waals surface area contributed by atoms with Gasteiger partial charge >= 0.3 is 0 Å². The van der Waals surface area contributed by atoms with Crippen molar-refractivity contribution in [2.24, 2.45) is 5.73 Å². The smallest absolute Gasteiger partial charge is 0.220 e. The lowest BCUT2D eigenvalue weighted by Crippen LogP contribution is -2.27. The van der Waals surface area contributed by atoms with Crippen molar-refractivity contribution >= 4 is 5.91 Å². The number of hydrogen-bond donors (Lipinski definition) is 2. The number of aryl methyl sites for hydroxylation is 1. The first kappa shape index (κ1) is 13.7. The van der Waals surface area contributed by atoms with Gasteiger partial charge in [0.1, 0.15) is 0 Å². The Morgan fingerprint density at radius 3 is 2.88 bits per heavy atom. The summed E-state index contributed by atoms with van der Waals surface area (Å²) in [7, 11) is 0. The van der Waals surface area contributed by atoms with E-state index in [1.165, 1.54) is 11.1 Å². The third kappa shape index (κ3) is 6.07. The Morgan fingerprint density at radius 1 is 1.47 bits per heavy atom. The van der Waals surface area contributed by atoms with Crippen LogP contribution in [0.4, 0.5) is 0 Å². The molecule has 0 aliphatic rings. The number of nitrogens with one attached hydrogen (secondary N) is 1. The van der Waals surface area contributed by atoms with Gasteiger partial charge in [0.15, 0.2) is 0 Å². The highest BCUT2D eigenvalue weighted by molar-refractivity contribution is 5.75. The molecule has 0 bridgehead atoms. The van der Waals surface area contributed by atoms with Crippen LogP contribution in [0.2, 0.25) is 0 Å². The first-order chi connectivity index (χ1) is 8.08. The number of amides is 1. The van der Waals surface area contributed by atoms with Gasteiger partial charge in [-0.15, -0.1) is 0 Å². The zero-order valence-electron chi connectivity index (χ0n) is 10.7. The highest BCUT2D eigenvalue weighted by Crippen LogP contribution is 2.04. The minimum atomic E-state index is 0.0925. The zero-order valence-corrected chi connectivity index (χ0v) is 10.7. The lowest BCUT2D eigenvalue weighted by molar-refractivity contribution is -0.121. The van der Waals surface area contributed by atoms with Crippen LogP contribution in [0.25, 0.3) is 0 Å². The Morgan fingerprint density at radius 2 is 2.24 bits per heavy atom.